The Hall–Kier alpha value is -5.17. The van der Waals surface area contributed by atoms with E-state index >= 15 is 0 Å². The van der Waals surface area contributed by atoms with Gasteiger partial charge in [0.1, 0.15) is 17.3 Å². The second kappa shape index (κ2) is 15.9. The molecular formula is C34H39N5O8. The maximum absolute atomic E-state index is 13.7. The van der Waals surface area contributed by atoms with Gasteiger partial charge in [0.25, 0.3) is 5.91 Å². The molecule has 2 amide bonds. The largest absolute Gasteiger partial charge is 0.462 e. The minimum Gasteiger partial charge on any atom is -0.462 e. The Morgan fingerprint density at radius 2 is 1.62 bits per heavy atom. The van der Waals surface area contributed by atoms with E-state index < -0.39 is 41.6 Å². The van der Waals surface area contributed by atoms with Gasteiger partial charge in [-0.25, -0.2) is 24.4 Å². The molecule has 1 saturated heterocycles. The van der Waals surface area contributed by atoms with Crippen molar-refractivity contribution >= 4 is 29.9 Å². The lowest BCUT2D eigenvalue weighted by Crippen LogP contribution is -2.49. The van der Waals surface area contributed by atoms with Crippen molar-refractivity contribution in [2.75, 3.05) is 32.8 Å². The highest BCUT2D eigenvalue weighted by molar-refractivity contribution is 5.98. The third kappa shape index (κ3) is 10.2. The van der Waals surface area contributed by atoms with E-state index in [9.17, 15) is 24.0 Å². The van der Waals surface area contributed by atoms with Crippen LogP contribution in [0.25, 0.3) is 22.6 Å². The number of nitrogens with zero attached hydrogens (tertiary/aromatic N) is 3. The zero-order chi connectivity index (χ0) is 34.0. The maximum Gasteiger partial charge on any atom is 0.417 e. The van der Waals surface area contributed by atoms with Crippen LogP contribution in [0.3, 0.4) is 0 Å². The summed E-state index contributed by atoms with van der Waals surface area (Å²) in [6, 6.07) is 15.6. The molecule has 1 aromatic heterocycles. The second-order valence-corrected chi connectivity index (χ2v) is 11.7. The van der Waals surface area contributed by atoms with Crippen molar-refractivity contribution in [1.82, 2.24) is 25.5 Å². The fourth-order valence-corrected chi connectivity index (χ4v) is 4.62. The lowest BCUT2D eigenvalue weighted by Gasteiger charge is -2.27. The first-order chi connectivity index (χ1) is 22.4. The molecule has 0 saturated carbocycles. The van der Waals surface area contributed by atoms with E-state index in [1.54, 1.807) is 76.2 Å². The Bertz CT molecular complexity index is 1580. The smallest absolute Gasteiger partial charge is 0.417 e. The van der Waals surface area contributed by atoms with Crippen molar-refractivity contribution in [3.05, 3.63) is 71.9 Å². The SMILES string of the molecule is CCOC(=O)c1ccc(-c2cc(C(=O)NC(CCC(=O)OC(C)(C)C)C(=O)OC(=O)N3CCNCC3)nc(-c3ccccc3)n2)cc1. The van der Waals surface area contributed by atoms with E-state index in [-0.39, 0.29) is 31.0 Å². The van der Waals surface area contributed by atoms with E-state index in [0.29, 0.717) is 48.6 Å². The van der Waals surface area contributed by atoms with Crippen molar-refractivity contribution < 1.29 is 38.2 Å². The van der Waals surface area contributed by atoms with Gasteiger partial charge in [0.05, 0.1) is 17.9 Å². The molecule has 1 fully saturated rings. The summed E-state index contributed by atoms with van der Waals surface area (Å²) in [4.78, 5) is 74.8. The summed E-state index contributed by atoms with van der Waals surface area (Å²) < 4.78 is 15.6. The fourth-order valence-electron chi connectivity index (χ4n) is 4.62. The van der Waals surface area contributed by atoms with Gasteiger partial charge in [0, 0.05) is 43.7 Å². The van der Waals surface area contributed by atoms with Crippen LogP contribution in [0.1, 0.15) is 61.4 Å². The van der Waals surface area contributed by atoms with Gasteiger partial charge in [-0.3, -0.25) is 9.59 Å². The summed E-state index contributed by atoms with van der Waals surface area (Å²) in [5, 5.41) is 5.71. The first-order valence-electron chi connectivity index (χ1n) is 15.4. The summed E-state index contributed by atoms with van der Waals surface area (Å²) >= 11 is 0. The van der Waals surface area contributed by atoms with Crippen molar-refractivity contribution in [3.8, 4) is 22.6 Å². The van der Waals surface area contributed by atoms with Gasteiger partial charge >= 0.3 is 24.0 Å². The van der Waals surface area contributed by atoms with Crippen LogP contribution in [0.4, 0.5) is 4.79 Å². The molecule has 3 aromatic rings. The molecule has 47 heavy (non-hydrogen) atoms. The monoisotopic (exact) mass is 645 g/mol. The number of esters is 3. The molecule has 0 spiro atoms. The number of rotatable bonds is 10. The second-order valence-electron chi connectivity index (χ2n) is 11.7. The number of ether oxygens (including phenoxy) is 3. The number of piperazine rings is 1. The van der Waals surface area contributed by atoms with E-state index in [4.69, 9.17) is 14.2 Å². The Morgan fingerprint density at radius 3 is 2.26 bits per heavy atom. The summed E-state index contributed by atoms with van der Waals surface area (Å²) in [5.74, 6) is -2.58. The number of hydrogen-bond acceptors (Lipinski definition) is 11. The van der Waals surface area contributed by atoms with E-state index in [0.717, 1.165) is 0 Å². The van der Waals surface area contributed by atoms with Crippen LogP contribution >= 0.6 is 0 Å². The third-order valence-electron chi connectivity index (χ3n) is 6.89. The lowest BCUT2D eigenvalue weighted by atomic mass is 10.1. The van der Waals surface area contributed by atoms with Gasteiger partial charge in [0.2, 0.25) is 0 Å². The highest BCUT2D eigenvalue weighted by atomic mass is 16.6. The molecule has 2 N–H and O–H groups in total. The van der Waals surface area contributed by atoms with Gasteiger partial charge in [-0.15, -0.1) is 0 Å². The Labute approximate surface area is 273 Å². The Balaban J connectivity index is 1.62. The van der Waals surface area contributed by atoms with Crippen LogP contribution in [0.5, 0.6) is 0 Å². The molecule has 13 heteroatoms. The minimum atomic E-state index is -1.37. The molecule has 1 aliphatic heterocycles. The predicted molar refractivity (Wildman–Crippen MR) is 171 cm³/mol. The van der Waals surface area contributed by atoms with Gasteiger partial charge in [-0.2, -0.15) is 0 Å². The molecule has 1 aliphatic rings. The van der Waals surface area contributed by atoms with Crippen LogP contribution in [-0.2, 0) is 23.8 Å². The number of amides is 2. The first kappa shape index (κ1) is 34.7. The molecule has 2 aromatic carbocycles. The highest BCUT2D eigenvalue weighted by Crippen LogP contribution is 2.24. The third-order valence-corrected chi connectivity index (χ3v) is 6.89. The quantitative estimate of drug-likeness (QED) is 0.187. The van der Waals surface area contributed by atoms with Crippen molar-refractivity contribution in [2.24, 2.45) is 0 Å². The van der Waals surface area contributed by atoms with Gasteiger partial charge < -0.3 is 29.7 Å². The molecule has 0 aliphatic carbocycles. The molecule has 2 heterocycles. The Kier molecular flexibility index (Phi) is 11.7. The van der Waals surface area contributed by atoms with E-state index in [1.807, 2.05) is 6.07 Å². The van der Waals surface area contributed by atoms with Crippen LogP contribution in [-0.4, -0.2) is 89.2 Å². The van der Waals surface area contributed by atoms with Gasteiger partial charge in [0.15, 0.2) is 5.82 Å². The van der Waals surface area contributed by atoms with Crippen molar-refractivity contribution in [3.63, 3.8) is 0 Å². The average Bonchev–Trinajstić information content (AvgIpc) is 3.06. The standard InChI is InChI=1S/C34H39N5O8/c1-5-45-31(42)24-13-11-22(12-14-24)26-21-27(37-29(36-26)23-9-7-6-8-10-23)30(41)38-25(15-16-28(40)47-34(2,3)4)32(43)46-33(44)39-19-17-35-18-20-39/h6-14,21,25,35H,5,15-20H2,1-4H3,(H,38,41). The lowest BCUT2D eigenvalue weighted by molar-refractivity contribution is -0.155. The average molecular weight is 646 g/mol. The summed E-state index contributed by atoms with van der Waals surface area (Å²) in [7, 11) is 0. The topological polar surface area (TPSA) is 166 Å². The van der Waals surface area contributed by atoms with Crippen LogP contribution in [0, 0.1) is 0 Å². The molecule has 248 valence electrons. The molecule has 1 atom stereocenters. The summed E-state index contributed by atoms with van der Waals surface area (Å²) in [5.41, 5.74) is 1.12. The van der Waals surface area contributed by atoms with E-state index in [1.165, 1.54) is 11.0 Å². The fraction of sp³-hybridized carbons (Fsp3) is 0.382. The predicted octanol–water partition coefficient (Wildman–Crippen LogP) is 3.78. The van der Waals surface area contributed by atoms with Crippen LogP contribution in [0.15, 0.2) is 60.7 Å². The zero-order valence-electron chi connectivity index (χ0n) is 26.9. The summed E-state index contributed by atoms with van der Waals surface area (Å²) in [6.45, 7) is 8.91. The van der Waals surface area contributed by atoms with Crippen molar-refractivity contribution in [2.45, 2.75) is 52.2 Å². The number of aromatic nitrogens is 2. The zero-order valence-corrected chi connectivity index (χ0v) is 26.9. The van der Waals surface area contributed by atoms with Gasteiger partial charge in [-0.05, 0) is 52.3 Å². The number of carbonyl (C=O) groups excluding carboxylic acids is 5. The van der Waals surface area contributed by atoms with Crippen LogP contribution in [0.2, 0.25) is 0 Å². The molecular weight excluding hydrogens is 606 g/mol. The van der Waals surface area contributed by atoms with Crippen LogP contribution < -0.4 is 10.6 Å². The van der Waals surface area contributed by atoms with Gasteiger partial charge in [-0.1, -0.05) is 42.5 Å². The van der Waals surface area contributed by atoms with E-state index in [2.05, 4.69) is 20.6 Å². The first-order valence-corrected chi connectivity index (χ1v) is 15.4. The van der Waals surface area contributed by atoms with Crippen molar-refractivity contribution in [1.29, 1.82) is 0 Å². The summed E-state index contributed by atoms with van der Waals surface area (Å²) in [6.07, 6.45) is -1.25. The Morgan fingerprint density at radius 1 is 0.936 bits per heavy atom. The molecule has 13 nitrogen and oxygen atoms in total. The minimum absolute atomic E-state index is 0.0770. The normalized spacial score (nSPS) is 13.7. The molecule has 4 rings (SSSR count). The highest BCUT2D eigenvalue weighted by Gasteiger charge is 2.30. The molecule has 0 radical (unpaired) electrons. The number of benzene rings is 2. The number of nitrogens with one attached hydrogen (secondary N) is 2. The molecule has 0 bridgehead atoms. The number of hydrogen-bond donors (Lipinski definition) is 2. The molecule has 1 unspecified atom stereocenters. The maximum atomic E-state index is 13.7. The number of carbonyl (C=O) groups is 5.